The van der Waals surface area contributed by atoms with Crippen molar-refractivity contribution in [3.8, 4) is 0 Å². The van der Waals surface area contributed by atoms with Crippen LogP contribution in [0, 0.1) is 0 Å². The first-order valence-electron chi connectivity index (χ1n) is 5.94. The van der Waals surface area contributed by atoms with E-state index in [4.69, 9.17) is 0 Å². The van der Waals surface area contributed by atoms with Gasteiger partial charge in [-0.25, -0.2) is 9.78 Å². The first-order valence-corrected chi connectivity index (χ1v) is 6.74. The molecule has 0 N–H and O–H groups in total. The maximum atomic E-state index is 12.0. The first-order chi connectivity index (χ1) is 9.60. The molecule has 0 aliphatic heterocycles. The number of halogens is 1. The number of ketones is 1. The number of rotatable bonds is 5. The molecule has 1 aromatic carbocycles. The number of carbonyl (C=O) groups excluding carboxylic acids is 2. The quantitative estimate of drug-likeness (QED) is 0.785. The maximum absolute atomic E-state index is 12.0. The fraction of sp³-hybridized carbons (Fsp3) is 0.214. The van der Waals surface area contributed by atoms with E-state index in [1.165, 1.54) is 24.2 Å². The number of aromatic nitrogens is 2. The van der Waals surface area contributed by atoms with E-state index in [-0.39, 0.29) is 18.0 Å². The number of methoxy groups -OCH3 is 1. The summed E-state index contributed by atoms with van der Waals surface area (Å²) < 4.78 is 7.09. The van der Waals surface area contributed by atoms with Gasteiger partial charge in [-0.15, -0.1) is 0 Å². The van der Waals surface area contributed by atoms with Crippen molar-refractivity contribution in [3.63, 3.8) is 0 Å². The van der Waals surface area contributed by atoms with Crippen LogP contribution < -0.4 is 0 Å². The number of Topliss-reactive ketones (excluding diaryl/α,β-unsaturated/α-hetero) is 1. The molecule has 0 radical (unpaired) electrons. The minimum absolute atomic E-state index is 0.00419. The van der Waals surface area contributed by atoms with Gasteiger partial charge in [-0.05, 0) is 17.7 Å². The standard InChI is InChI=1S/C14H13BrN2O3/c1-20-14(19)13-7-16-9-17(13)8-12(18)6-10-2-4-11(15)5-3-10/h2-5,7,9H,6,8H2,1H3. The van der Waals surface area contributed by atoms with Crippen LogP contribution in [0.5, 0.6) is 0 Å². The number of carbonyl (C=O) groups is 2. The highest BCUT2D eigenvalue weighted by atomic mass is 79.9. The Morgan fingerprint density at radius 3 is 2.65 bits per heavy atom. The van der Waals surface area contributed by atoms with Crippen molar-refractivity contribution in [1.82, 2.24) is 9.55 Å². The smallest absolute Gasteiger partial charge is 0.356 e. The summed E-state index contributed by atoms with van der Waals surface area (Å²) in [7, 11) is 1.29. The number of benzene rings is 1. The Labute approximate surface area is 124 Å². The Morgan fingerprint density at radius 2 is 2.00 bits per heavy atom. The molecule has 0 saturated carbocycles. The topological polar surface area (TPSA) is 61.2 Å². The minimum atomic E-state index is -0.501. The van der Waals surface area contributed by atoms with Gasteiger partial charge >= 0.3 is 5.97 Å². The lowest BCUT2D eigenvalue weighted by Crippen LogP contribution is -2.17. The fourth-order valence-corrected chi connectivity index (χ4v) is 2.06. The van der Waals surface area contributed by atoms with Crippen molar-refractivity contribution in [1.29, 1.82) is 0 Å². The van der Waals surface area contributed by atoms with E-state index in [1.54, 1.807) is 0 Å². The zero-order valence-electron chi connectivity index (χ0n) is 10.9. The zero-order chi connectivity index (χ0) is 14.5. The average molecular weight is 337 g/mol. The SMILES string of the molecule is COC(=O)c1cncn1CC(=O)Cc1ccc(Br)cc1. The maximum Gasteiger partial charge on any atom is 0.356 e. The number of ether oxygens (including phenoxy) is 1. The Hall–Kier alpha value is -1.95. The Kier molecular flexibility index (Phi) is 4.68. The molecule has 0 aliphatic carbocycles. The Balaban J connectivity index is 2.03. The summed E-state index contributed by atoms with van der Waals surface area (Å²) in [4.78, 5) is 27.4. The Bertz CT molecular complexity index is 620. The van der Waals surface area contributed by atoms with E-state index < -0.39 is 5.97 Å². The van der Waals surface area contributed by atoms with Crippen molar-refractivity contribution in [2.75, 3.05) is 7.11 Å². The number of nitrogens with zero attached hydrogens (tertiary/aromatic N) is 2. The largest absolute Gasteiger partial charge is 0.464 e. The molecule has 0 aliphatic rings. The monoisotopic (exact) mass is 336 g/mol. The summed E-state index contributed by atoms with van der Waals surface area (Å²) in [5, 5.41) is 0. The normalized spacial score (nSPS) is 10.3. The van der Waals surface area contributed by atoms with Crippen molar-refractivity contribution >= 4 is 27.7 Å². The van der Waals surface area contributed by atoms with E-state index >= 15 is 0 Å². The van der Waals surface area contributed by atoms with Crippen LogP contribution in [-0.2, 0) is 22.5 Å². The molecule has 6 heteroatoms. The lowest BCUT2D eigenvalue weighted by atomic mass is 10.1. The molecular formula is C14H13BrN2O3. The lowest BCUT2D eigenvalue weighted by Gasteiger charge is -2.06. The van der Waals surface area contributed by atoms with Crippen molar-refractivity contribution in [3.05, 3.63) is 52.5 Å². The third-order valence-corrected chi connectivity index (χ3v) is 3.30. The van der Waals surface area contributed by atoms with Gasteiger partial charge in [0.1, 0.15) is 5.69 Å². The fourth-order valence-electron chi connectivity index (χ4n) is 1.80. The molecule has 0 fully saturated rings. The van der Waals surface area contributed by atoms with E-state index in [0.29, 0.717) is 6.42 Å². The van der Waals surface area contributed by atoms with Crippen LogP contribution in [0.1, 0.15) is 16.1 Å². The number of esters is 1. The summed E-state index contributed by atoms with van der Waals surface area (Å²) in [6.45, 7) is 0.0977. The van der Waals surface area contributed by atoms with Crippen LogP contribution in [-0.4, -0.2) is 28.4 Å². The highest BCUT2D eigenvalue weighted by molar-refractivity contribution is 9.10. The van der Waals surface area contributed by atoms with Crippen LogP contribution >= 0.6 is 15.9 Å². The molecule has 2 rings (SSSR count). The molecule has 1 heterocycles. The molecule has 0 bridgehead atoms. The number of hydrogen-bond donors (Lipinski definition) is 0. The summed E-state index contributed by atoms with van der Waals surface area (Å²) in [6.07, 6.45) is 3.15. The van der Waals surface area contributed by atoms with E-state index in [9.17, 15) is 9.59 Å². The van der Waals surface area contributed by atoms with E-state index in [2.05, 4.69) is 25.7 Å². The number of hydrogen-bond acceptors (Lipinski definition) is 4. The van der Waals surface area contributed by atoms with Gasteiger partial charge in [0, 0.05) is 10.9 Å². The van der Waals surface area contributed by atoms with Crippen LogP contribution in [0.3, 0.4) is 0 Å². The highest BCUT2D eigenvalue weighted by Crippen LogP contribution is 2.11. The molecular weight excluding hydrogens is 324 g/mol. The van der Waals surface area contributed by atoms with Crippen LogP contribution in [0.15, 0.2) is 41.3 Å². The van der Waals surface area contributed by atoms with Gasteiger partial charge in [0.2, 0.25) is 0 Å². The van der Waals surface area contributed by atoms with Gasteiger partial charge in [-0.2, -0.15) is 0 Å². The molecule has 1 aromatic heterocycles. The third-order valence-electron chi connectivity index (χ3n) is 2.77. The van der Waals surface area contributed by atoms with Gasteiger partial charge in [0.15, 0.2) is 5.78 Å². The average Bonchev–Trinajstić information content (AvgIpc) is 2.88. The lowest BCUT2D eigenvalue weighted by molar-refractivity contribution is -0.119. The molecule has 5 nitrogen and oxygen atoms in total. The highest BCUT2D eigenvalue weighted by Gasteiger charge is 2.14. The molecule has 104 valence electrons. The Morgan fingerprint density at radius 1 is 1.30 bits per heavy atom. The molecule has 0 atom stereocenters. The van der Waals surface area contributed by atoms with Crippen molar-refractivity contribution in [2.45, 2.75) is 13.0 Å². The molecule has 0 saturated heterocycles. The predicted molar refractivity (Wildman–Crippen MR) is 76.4 cm³/mol. The molecule has 0 spiro atoms. The second kappa shape index (κ2) is 6.47. The molecule has 0 amide bonds. The van der Waals surface area contributed by atoms with Crippen LogP contribution in [0.25, 0.3) is 0 Å². The van der Waals surface area contributed by atoms with Crippen molar-refractivity contribution in [2.24, 2.45) is 0 Å². The van der Waals surface area contributed by atoms with Crippen LogP contribution in [0.2, 0.25) is 0 Å². The van der Waals surface area contributed by atoms with E-state index in [1.807, 2.05) is 24.3 Å². The second-order valence-electron chi connectivity index (χ2n) is 4.24. The van der Waals surface area contributed by atoms with Gasteiger partial charge in [0.05, 0.1) is 26.2 Å². The third kappa shape index (κ3) is 3.54. The van der Waals surface area contributed by atoms with Gasteiger partial charge in [-0.3, -0.25) is 4.79 Å². The summed E-state index contributed by atoms with van der Waals surface area (Å²) in [5.74, 6) is -0.505. The second-order valence-corrected chi connectivity index (χ2v) is 5.16. The van der Waals surface area contributed by atoms with E-state index in [0.717, 1.165) is 10.0 Å². The molecule has 0 unspecified atom stereocenters. The summed E-state index contributed by atoms with van der Waals surface area (Å²) in [6, 6.07) is 7.55. The molecule has 20 heavy (non-hydrogen) atoms. The molecule has 2 aromatic rings. The zero-order valence-corrected chi connectivity index (χ0v) is 12.5. The first kappa shape index (κ1) is 14.5. The van der Waals surface area contributed by atoms with Crippen molar-refractivity contribution < 1.29 is 14.3 Å². The van der Waals surface area contributed by atoms with Gasteiger partial charge in [-0.1, -0.05) is 28.1 Å². The van der Waals surface area contributed by atoms with Gasteiger partial charge in [0.25, 0.3) is 0 Å². The predicted octanol–water partition coefficient (Wildman–Crippen LogP) is 2.24. The summed E-state index contributed by atoms with van der Waals surface area (Å²) in [5.41, 5.74) is 1.20. The minimum Gasteiger partial charge on any atom is -0.464 e. The van der Waals surface area contributed by atoms with Crippen LogP contribution in [0.4, 0.5) is 0 Å². The summed E-state index contributed by atoms with van der Waals surface area (Å²) >= 11 is 3.34. The van der Waals surface area contributed by atoms with Gasteiger partial charge < -0.3 is 9.30 Å². The number of imidazole rings is 1.